The first-order chi connectivity index (χ1) is 11.2. The number of ether oxygens (including phenoxy) is 2. The highest BCUT2D eigenvalue weighted by Crippen LogP contribution is 2.34. The normalized spacial score (nSPS) is 10.3. The largest absolute Gasteiger partial charge is 0.493 e. The molecular formula is C19H16N2O2. The Hall–Kier alpha value is -3.06. The lowest BCUT2D eigenvalue weighted by atomic mass is 10.0. The maximum Gasteiger partial charge on any atom is 0.162 e. The van der Waals surface area contributed by atoms with E-state index in [1.54, 1.807) is 26.4 Å². The van der Waals surface area contributed by atoms with E-state index in [1.807, 2.05) is 37.3 Å². The highest BCUT2D eigenvalue weighted by atomic mass is 16.5. The lowest BCUT2D eigenvalue weighted by molar-refractivity contribution is 0.356. The van der Waals surface area contributed by atoms with Gasteiger partial charge >= 0.3 is 0 Å². The smallest absolute Gasteiger partial charge is 0.162 e. The molecule has 0 fully saturated rings. The molecule has 0 atom stereocenters. The van der Waals surface area contributed by atoms with Crippen molar-refractivity contribution in [3.63, 3.8) is 0 Å². The number of nitrogens with zero attached hydrogens (tertiary/aromatic N) is 2. The van der Waals surface area contributed by atoms with Crippen LogP contribution in [-0.4, -0.2) is 19.2 Å². The summed E-state index contributed by atoms with van der Waals surface area (Å²) in [6.07, 6.45) is 0. The summed E-state index contributed by atoms with van der Waals surface area (Å²) in [5, 5.41) is 9.93. The summed E-state index contributed by atoms with van der Waals surface area (Å²) in [6.45, 7) is 2.04. The first kappa shape index (κ1) is 14.9. The van der Waals surface area contributed by atoms with Gasteiger partial charge in [-0.05, 0) is 36.8 Å². The maximum absolute atomic E-state index is 8.90. The minimum absolute atomic E-state index is 0.637. The van der Waals surface area contributed by atoms with Crippen molar-refractivity contribution in [2.45, 2.75) is 6.92 Å². The fourth-order valence-corrected chi connectivity index (χ4v) is 2.58. The van der Waals surface area contributed by atoms with Gasteiger partial charge in [-0.2, -0.15) is 5.26 Å². The third-order valence-corrected chi connectivity index (χ3v) is 3.83. The molecule has 4 heteroatoms. The molecule has 2 aromatic carbocycles. The highest BCUT2D eigenvalue weighted by molar-refractivity contribution is 5.88. The number of aryl methyl sites for hydroxylation is 1. The quantitative estimate of drug-likeness (QED) is 0.731. The van der Waals surface area contributed by atoms with E-state index in [1.165, 1.54) is 0 Å². The van der Waals surface area contributed by atoms with E-state index in [0.717, 1.165) is 27.7 Å². The van der Waals surface area contributed by atoms with Crippen LogP contribution >= 0.6 is 0 Å². The zero-order chi connectivity index (χ0) is 16.4. The minimum Gasteiger partial charge on any atom is -0.493 e. The molecule has 3 aromatic rings. The Labute approximate surface area is 134 Å². The number of pyridine rings is 1. The molecule has 0 aliphatic rings. The van der Waals surface area contributed by atoms with Crippen molar-refractivity contribution in [1.29, 1.82) is 5.26 Å². The molecule has 0 radical (unpaired) electrons. The topological polar surface area (TPSA) is 55.1 Å². The van der Waals surface area contributed by atoms with E-state index in [-0.39, 0.29) is 0 Å². The van der Waals surface area contributed by atoms with Crippen LogP contribution in [0, 0.1) is 18.3 Å². The van der Waals surface area contributed by atoms with Gasteiger partial charge < -0.3 is 9.47 Å². The number of benzene rings is 2. The zero-order valence-corrected chi connectivity index (χ0v) is 13.3. The van der Waals surface area contributed by atoms with Crippen molar-refractivity contribution in [3.8, 4) is 28.8 Å². The van der Waals surface area contributed by atoms with Crippen LogP contribution in [0.15, 0.2) is 42.5 Å². The van der Waals surface area contributed by atoms with Gasteiger partial charge in [-0.3, -0.25) is 0 Å². The van der Waals surface area contributed by atoms with E-state index in [0.29, 0.717) is 17.1 Å². The first-order valence-corrected chi connectivity index (χ1v) is 7.20. The molecule has 0 unspecified atom stereocenters. The van der Waals surface area contributed by atoms with E-state index in [9.17, 15) is 0 Å². The molecule has 3 rings (SSSR count). The van der Waals surface area contributed by atoms with Crippen molar-refractivity contribution in [3.05, 3.63) is 53.6 Å². The number of nitriles is 1. The summed E-state index contributed by atoms with van der Waals surface area (Å²) in [5.41, 5.74) is 4.44. The predicted molar refractivity (Wildman–Crippen MR) is 89.7 cm³/mol. The summed E-state index contributed by atoms with van der Waals surface area (Å²) in [6, 6.07) is 15.4. The van der Waals surface area contributed by atoms with Gasteiger partial charge in [-0.25, -0.2) is 4.98 Å². The monoisotopic (exact) mass is 304 g/mol. The molecule has 0 N–H and O–H groups in total. The standard InChI is InChI=1S/C19H16N2O2/c1-12-8-16(14-6-4-13(11-20)5-7-14)21-17-10-19(23-3)18(22-2)9-15(12)17/h4-10H,1-3H3. The van der Waals surface area contributed by atoms with Gasteiger partial charge in [-0.1, -0.05) is 12.1 Å². The average molecular weight is 304 g/mol. The minimum atomic E-state index is 0.637. The van der Waals surface area contributed by atoms with Crippen molar-refractivity contribution >= 4 is 10.9 Å². The number of methoxy groups -OCH3 is 2. The van der Waals surface area contributed by atoms with Crippen LogP contribution in [0.4, 0.5) is 0 Å². The number of aromatic nitrogens is 1. The Morgan fingerprint density at radius 1 is 0.957 bits per heavy atom. The highest BCUT2D eigenvalue weighted by Gasteiger charge is 2.11. The fraction of sp³-hybridized carbons (Fsp3) is 0.158. The first-order valence-electron chi connectivity index (χ1n) is 7.20. The van der Waals surface area contributed by atoms with Crippen molar-refractivity contribution in [2.24, 2.45) is 0 Å². The van der Waals surface area contributed by atoms with Gasteiger partial charge in [-0.15, -0.1) is 0 Å². The van der Waals surface area contributed by atoms with Crippen LogP contribution in [-0.2, 0) is 0 Å². The summed E-state index contributed by atoms with van der Waals surface area (Å²) in [5.74, 6) is 1.35. The van der Waals surface area contributed by atoms with Gasteiger partial charge in [0.1, 0.15) is 0 Å². The van der Waals surface area contributed by atoms with E-state index in [2.05, 4.69) is 6.07 Å². The van der Waals surface area contributed by atoms with E-state index in [4.69, 9.17) is 19.7 Å². The molecule has 0 saturated heterocycles. The summed E-state index contributed by atoms with van der Waals surface area (Å²) >= 11 is 0. The Morgan fingerprint density at radius 2 is 1.61 bits per heavy atom. The molecule has 0 amide bonds. The van der Waals surface area contributed by atoms with E-state index >= 15 is 0 Å². The second kappa shape index (κ2) is 5.98. The van der Waals surface area contributed by atoms with Crippen LogP contribution in [0.2, 0.25) is 0 Å². The molecule has 0 saturated carbocycles. The zero-order valence-electron chi connectivity index (χ0n) is 13.3. The molecular weight excluding hydrogens is 288 g/mol. The molecule has 1 heterocycles. The molecule has 1 aromatic heterocycles. The molecule has 4 nitrogen and oxygen atoms in total. The van der Waals surface area contributed by atoms with Gasteiger partial charge in [0.25, 0.3) is 0 Å². The van der Waals surface area contributed by atoms with Crippen molar-refractivity contribution in [2.75, 3.05) is 14.2 Å². The van der Waals surface area contributed by atoms with Gasteiger partial charge in [0.15, 0.2) is 11.5 Å². The Morgan fingerprint density at radius 3 is 2.22 bits per heavy atom. The lowest BCUT2D eigenvalue weighted by Crippen LogP contribution is -1.94. The summed E-state index contributed by atoms with van der Waals surface area (Å²) < 4.78 is 10.7. The second-order valence-electron chi connectivity index (χ2n) is 5.24. The predicted octanol–water partition coefficient (Wildman–Crippen LogP) is 4.10. The Balaban J connectivity index is 2.18. The molecule has 0 aliphatic carbocycles. The average Bonchev–Trinajstić information content (AvgIpc) is 2.60. The second-order valence-corrected chi connectivity index (χ2v) is 5.24. The summed E-state index contributed by atoms with van der Waals surface area (Å²) in [4.78, 5) is 4.73. The van der Waals surface area contributed by atoms with E-state index < -0.39 is 0 Å². The Kier molecular flexibility index (Phi) is 3.86. The summed E-state index contributed by atoms with van der Waals surface area (Å²) in [7, 11) is 3.23. The molecule has 23 heavy (non-hydrogen) atoms. The molecule has 0 spiro atoms. The van der Waals surface area contributed by atoms with Crippen LogP contribution in [0.5, 0.6) is 11.5 Å². The molecule has 114 valence electrons. The van der Waals surface area contributed by atoms with Gasteiger partial charge in [0, 0.05) is 17.0 Å². The van der Waals surface area contributed by atoms with Crippen LogP contribution < -0.4 is 9.47 Å². The van der Waals surface area contributed by atoms with Crippen molar-refractivity contribution in [1.82, 2.24) is 4.98 Å². The van der Waals surface area contributed by atoms with Crippen LogP contribution in [0.1, 0.15) is 11.1 Å². The fourth-order valence-electron chi connectivity index (χ4n) is 2.58. The third-order valence-electron chi connectivity index (χ3n) is 3.83. The number of hydrogen-bond acceptors (Lipinski definition) is 4. The SMILES string of the molecule is COc1cc2nc(-c3ccc(C#N)cc3)cc(C)c2cc1OC. The third kappa shape index (κ3) is 2.69. The van der Waals surface area contributed by atoms with Crippen LogP contribution in [0.25, 0.3) is 22.2 Å². The maximum atomic E-state index is 8.90. The number of fused-ring (bicyclic) bond motifs is 1. The van der Waals surface area contributed by atoms with Gasteiger partial charge in [0.05, 0.1) is 37.1 Å². The molecule has 0 aliphatic heterocycles. The number of hydrogen-bond donors (Lipinski definition) is 0. The van der Waals surface area contributed by atoms with Crippen molar-refractivity contribution < 1.29 is 9.47 Å². The molecule has 0 bridgehead atoms. The van der Waals surface area contributed by atoms with Crippen LogP contribution in [0.3, 0.4) is 0 Å². The Bertz CT molecular complexity index is 909. The van der Waals surface area contributed by atoms with Gasteiger partial charge in [0.2, 0.25) is 0 Å². The lowest BCUT2D eigenvalue weighted by Gasteiger charge is -2.12. The number of rotatable bonds is 3.